The monoisotopic (exact) mass is 285 g/mol. The van der Waals surface area contributed by atoms with Crippen LogP contribution in [-0.4, -0.2) is 24.4 Å². The van der Waals surface area contributed by atoms with Crippen LogP contribution in [0.25, 0.3) is 0 Å². The van der Waals surface area contributed by atoms with Crippen LogP contribution in [0.4, 0.5) is 5.82 Å². The first kappa shape index (κ1) is 14.8. The molecule has 0 bridgehead atoms. The van der Waals surface area contributed by atoms with E-state index < -0.39 is 0 Å². The molecular weight excluding hydrogens is 266 g/mol. The summed E-state index contributed by atoms with van der Waals surface area (Å²) in [5.74, 6) is 2.17. The highest BCUT2D eigenvalue weighted by Gasteiger charge is 2.04. The van der Waals surface area contributed by atoms with Crippen LogP contribution in [0.3, 0.4) is 0 Å². The second kappa shape index (κ2) is 7.89. The van der Waals surface area contributed by atoms with E-state index in [9.17, 15) is 0 Å². The van der Waals surface area contributed by atoms with E-state index in [-0.39, 0.29) is 0 Å². The second-order valence-electron chi connectivity index (χ2n) is 4.16. The van der Waals surface area contributed by atoms with Crippen molar-refractivity contribution in [2.45, 2.75) is 13.8 Å². The van der Waals surface area contributed by atoms with E-state index in [1.165, 1.54) is 0 Å². The summed E-state index contributed by atoms with van der Waals surface area (Å²) in [7, 11) is 0. The molecule has 0 amide bonds. The fourth-order valence-electron chi connectivity index (χ4n) is 1.75. The molecule has 2 rings (SSSR count). The van der Waals surface area contributed by atoms with Gasteiger partial charge >= 0.3 is 0 Å². The maximum absolute atomic E-state index is 5.58. The van der Waals surface area contributed by atoms with Gasteiger partial charge in [-0.25, -0.2) is 4.98 Å². The van der Waals surface area contributed by atoms with E-state index in [0.717, 1.165) is 17.1 Å². The number of pyridine rings is 1. The van der Waals surface area contributed by atoms with Gasteiger partial charge in [0.25, 0.3) is 0 Å². The zero-order valence-electron chi connectivity index (χ0n) is 12.2. The van der Waals surface area contributed by atoms with Gasteiger partial charge in [0.05, 0.1) is 19.4 Å². The molecule has 110 valence electrons. The molecule has 0 saturated heterocycles. The molecule has 0 aliphatic heterocycles. The van der Waals surface area contributed by atoms with Gasteiger partial charge in [-0.3, -0.25) is 5.43 Å². The molecule has 0 aliphatic rings. The topological polar surface area (TPSA) is 55.7 Å². The van der Waals surface area contributed by atoms with E-state index >= 15 is 0 Å². The fourth-order valence-corrected chi connectivity index (χ4v) is 1.75. The third kappa shape index (κ3) is 4.49. The van der Waals surface area contributed by atoms with Crippen molar-refractivity contribution in [1.29, 1.82) is 0 Å². The van der Waals surface area contributed by atoms with Crippen LogP contribution in [0.5, 0.6) is 11.5 Å². The van der Waals surface area contributed by atoms with E-state index in [1.54, 1.807) is 12.4 Å². The van der Waals surface area contributed by atoms with E-state index in [0.29, 0.717) is 19.0 Å². The smallest absolute Gasteiger partial charge is 0.161 e. The molecule has 0 radical (unpaired) electrons. The number of nitrogens with one attached hydrogen (secondary N) is 1. The van der Waals surface area contributed by atoms with Crippen molar-refractivity contribution >= 4 is 12.0 Å². The Morgan fingerprint density at radius 2 is 1.90 bits per heavy atom. The number of ether oxygens (including phenoxy) is 2. The minimum atomic E-state index is 0.590. The number of aromatic nitrogens is 1. The molecule has 0 spiro atoms. The Balaban J connectivity index is 2.07. The van der Waals surface area contributed by atoms with Crippen molar-refractivity contribution < 1.29 is 9.47 Å². The quantitative estimate of drug-likeness (QED) is 0.626. The zero-order valence-corrected chi connectivity index (χ0v) is 12.2. The van der Waals surface area contributed by atoms with Crippen LogP contribution < -0.4 is 14.9 Å². The lowest BCUT2D eigenvalue weighted by Gasteiger charge is -2.11. The Morgan fingerprint density at radius 1 is 1.10 bits per heavy atom. The summed E-state index contributed by atoms with van der Waals surface area (Å²) in [5.41, 5.74) is 3.79. The van der Waals surface area contributed by atoms with Crippen LogP contribution in [-0.2, 0) is 0 Å². The standard InChI is InChI=1S/C16H19N3O2/c1-3-20-14-9-8-13(11-15(14)21-4-2)12-18-19-16-7-5-6-10-17-16/h5-12H,3-4H2,1-2H3,(H,17,19)/b18-12+. The molecule has 0 fully saturated rings. The summed E-state index contributed by atoms with van der Waals surface area (Å²) < 4.78 is 11.1. The van der Waals surface area contributed by atoms with Crippen LogP contribution in [0, 0.1) is 0 Å². The van der Waals surface area contributed by atoms with Gasteiger partial charge in [-0.2, -0.15) is 5.10 Å². The number of hydrazone groups is 1. The summed E-state index contributed by atoms with van der Waals surface area (Å²) >= 11 is 0. The summed E-state index contributed by atoms with van der Waals surface area (Å²) in [6, 6.07) is 11.3. The van der Waals surface area contributed by atoms with Crippen molar-refractivity contribution in [2.75, 3.05) is 18.6 Å². The van der Waals surface area contributed by atoms with Crippen LogP contribution in [0.1, 0.15) is 19.4 Å². The van der Waals surface area contributed by atoms with Gasteiger partial charge in [0.15, 0.2) is 11.5 Å². The molecule has 1 aromatic heterocycles. The molecular formula is C16H19N3O2. The number of nitrogens with zero attached hydrogens (tertiary/aromatic N) is 2. The molecule has 0 atom stereocenters. The van der Waals surface area contributed by atoms with Gasteiger partial charge in [0, 0.05) is 6.20 Å². The van der Waals surface area contributed by atoms with Crippen molar-refractivity contribution in [1.82, 2.24) is 4.98 Å². The lowest BCUT2D eigenvalue weighted by atomic mass is 10.2. The van der Waals surface area contributed by atoms with Gasteiger partial charge in [-0.05, 0) is 49.7 Å². The van der Waals surface area contributed by atoms with Gasteiger partial charge in [-0.15, -0.1) is 0 Å². The Labute approximate surface area is 124 Å². The molecule has 0 aliphatic carbocycles. The lowest BCUT2D eigenvalue weighted by Crippen LogP contribution is -1.99. The molecule has 2 aromatic rings. The van der Waals surface area contributed by atoms with E-state index in [1.807, 2.05) is 50.2 Å². The Kier molecular flexibility index (Phi) is 5.58. The Hall–Kier alpha value is -2.56. The predicted molar refractivity (Wildman–Crippen MR) is 84.2 cm³/mol. The second-order valence-corrected chi connectivity index (χ2v) is 4.16. The first-order chi connectivity index (χ1) is 10.3. The molecule has 5 nitrogen and oxygen atoms in total. The summed E-state index contributed by atoms with van der Waals surface area (Å²) in [6.07, 6.45) is 3.43. The summed E-state index contributed by atoms with van der Waals surface area (Å²) in [6.45, 7) is 5.09. The molecule has 1 heterocycles. The molecule has 1 N–H and O–H groups in total. The number of hydrogen-bond donors (Lipinski definition) is 1. The largest absolute Gasteiger partial charge is 0.490 e. The minimum Gasteiger partial charge on any atom is -0.490 e. The third-order valence-corrected chi connectivity index (χ3v) is 2.63. The molecule has 0 saturated carbocycles. The van der Waals surface area contributed by atoms with Gasteiger partial charge in [0.1, 0.15) is 5.82 Å². The number of hydrogen-bond acceptors (Lipinski definition) is 5. The fraction of sp³-hybridized carbons (Fsp3) is 0.250. The highest BCUT2D eigenvalue weighted by Crippen LogP contribution is 2.27. The van der Waals surface area contributed by atoms with Crippen molar-refractivity contribution in [3.63, 3.8) is 0 Å². The van der Waals surface area contributed by atoms with Crippen LogP contribution >= 0.6 is 0 Å². The van der Waals surface area contributed by atoms with Crippen LogP contribution in [0.15, 0.2) is 47.7 Å². The molecule has 21 heavy (non-hydrogen) atoms. The van der Waals surface area contributed by atoms with Gasteiger partial charge in [0.2, 0.25) is 0 Å². The SMILES string of the molecule is CCOc1ccc(/C=N/Nc2ccccn2)cc1OCC. The average Bonchev–Trinajstić information content (AvgIpc) is 2.51. The van der Waals surface area contributed by atoms with Gasteiger partial charge < -0.3 is 9.47 Å². The third-order valence-electron chi connectivity index (χ3n) is 2.63. The van der Waals surface area contributed by atoms with E-state index in [4.69, 9.17) is 9.47 Å². The maximum atomic E-state index is 5.58. The Bertz CT molecular complexity index is 585. The average molecular weight is 285 g/mol. The number of rotatable bonds is 7. The first-order valence-corrected chi connectivity index (χ1v) is 6.93. The number of benzene rings is 1. The van der Waals surface area contributed by atoms with Crippen LogP contribution in [0.2, 0.25) is 0 Å². The molecule has 0 unspecified atom stereocenters. The molecule has 1 aromatic carbocycles. The van der Waals surface area contributed by atoms with Crippen molar-refractivity contribution in [2.24, 2.45) is 5.10 Å². The van der Waals surface area contributed by atoms with Gasteiger partial charge in [-0.1, -0.05) is 6.07 Å². The summed E-state index contributed by atoms with van der Waals surface area (Å²) in [5, 5.41) is 4.15. The van der Waals surface area contributed by atoms with Crippen molar-refractivity contribution in [3.8, 4) is 11.5 Å². The normalized spacial score (nSPS) is 10.6. The summed E-state index contributed by atoms with van der Waals surface area (Å²) in [4.78, 5) is 4.13. The first-order valence-electron chi connectivity index (χ1n) is 6.93. The zero-order chi connectivity index (χ0) is 14.9. The minimum absolute atomic E-state index is 0.590. The Morgan fingerprint density at radius 3 is 2.62 bits per heavy atom. The van der Waals surface area contributed by atoms with Crippen molar-refractivity contribution in [3.05, 3.63) is 48.2 Å². The highest BCUT2D eigenvalue weighted by molar-refractivity contribution is 5.81. The van der Waals surface area contributed by atoms with E-state index in [2.05, 4.69) is 15.5 Å². The number of anilines is 1. The predicted octanol–water partition coefficient (Wildman–Crippen LogP) is 3.33. The molecule has 5 heteroatoms. The highest BCUT2D eigenvalue weighted by atomic mass is 16.5. The lowest BCUT2D eigenvalue weighted by molar-refractivity contribution is 0.288. The maximum Gasteiger partial charge on any atom is 0.161 e.